The van der Waals surface area contributed by atoms with Crippen LogP contribution in [0.4, 0.5) is 5.82 Å². The SMILES string of the molecule is CO/N=C\c1c(N)ncnc1Oc1cccc2ccccc12. The molecule has 3 rings (SSSR count). The van der Waals surface area contributed by atoms with Gasteiger partial charge in [0, 0.05) is 5.39 Å². The van der Waals surface area contributed by atoms with Crippen molar-refractivity contribution >= 4 is 22.8 Å². The normalized spacial score (nSPS) is 11.0. The van der Waals surface area contributed by atoms with Gasteiger partial charge in [-0.2, -0.15) is 0 Å². The van der Waals surface area contributed by atoms with E-state index in [1.165, 1.54) is 19.7 Å². The van der Waals surface area contributed by atoms with Gasteiger partial charge < -0.3 is 15.3 Å². The minimum absolute atomic E-state index is 0.269. The van der Waals surface area contributed by atoms with E-state index in [2.05, 4.69) is 20.0 Å². The molecule has 0 fully saturated rings. The maximum Gasteiger partial charge on any atom is 0.233 e. The fourth-order valence-corrected chi connectivity index (χ4v) is 2.09. The molecule has 22 heavy (non-hydrogen) atoms. The lowest BCUT2D eigenvalue weighted by Crippen LogP contribution is -2.02. The Hall–Kier alpha value is -3.15. The molecule has 0 atom stereocenters. The summed E-state index contributed by atoms with van der Waals surface area (Å²) in [5.41, 5.74) is 6.32. The van der Waals surface area contributed by atoms with Gasteiger partial charge in [0.05, 0.1) is 6.21 Å². The number of oxime groups is 1. The first kappa shape index (κ1) is 13.8. The summed E-state index contributed by atoms with van der Waals surface area (Å²) in [5, 5.41) is 5.76. The second-order valence-corrected chi connectivity index (χ2v) is 4.47. The van der Waals surface area contributed by atoms with Gasteiger partial charge in [0.15, 0.2) is 0 Å². The average molecular weight is 294 g/mol. The van der Waals surface area contributed by atoms with Crippen LogP contribution in [0.1, 0.15) is 5.56 Å². The molecule has 0 bridgehead atoms. The number of rotatable bonds is 4. The van der Waals surface area contributed by atoms with Crippen LogP contribution in [0.25, 0.3) is 10.8 Å². The van der Waals surface area contributed by atoms with Crippen molar-refractivity contribution < 1.29 is 9.57 Å². The van der Waals surface area contributed by atoms with Crippen molar-refractivity contribution in [1.82, 2.24) is 9.97 Å². The van der Waals surface area contributed by atoms with Crippen LogP contribution in [0.3, 0.4) is 0 Å². The third kappa shape index (κ3) is 2.67. The van der Waals surface area contributed by atoms with Gasteiger partial charge in [-0.25, -0.2) is 9.97 Å². The van der Waals surface area contributed by atoms with Crippen molar-refractivity contribution in [3.63, 3.8) is 0 Å². The summed E-state index contributed by atoms with van der Waals surface area (Å²) in [6.07, 6.45) is 2.77. The van der Waals surface area contributed by atoms with Crippen molar-refractivity contribution in [2.24, 2.45) is 5.16 Å². The second-order valence-electron chi connectivity index (χ2n) is 4.47. The molecule has 110 valence electrons. The molecule has 0 spiro atoms. The van der Waals surface area contributed by atoms with Gasteiger partial charge in [-0.05, 0) is 11.5 Å². The zero-order valence-corrected chi connectivity index (χ0v) is 11.9. The Morgan fingerprint density at radius 1 is 1.09 bits per heavy atom. The van der Waals surface area contributed by atoms with Gasteiger partial charge in [-0.15, -0.1) is 0 Å². The molecule has 1 heterocycles. The van der Waals surface area contributed by atoms with E-state index in [0.29, 0.717) is 17.2 Å². The Labute approximate surface area is 127 Å². The molecule has 2 N–H and O–H groups in total. The summed E-state index contributed by atoms with van der Waals surface area (Å²) in [5.74, 6) is 1.28. The van der Waals surface area contributed by atoms with Crippen molar-refractivity contribution in [1.29, 1.82) is 0 Å². The van der Waals surface area contributed by atoms with Gasteiger partial charge in [0.25, 0.3) is 0 Å². The zero-order chi connectivity index (χ0) is 15.4. The minimum Gasteiger partial charge on any atom is -0.437 e. The molecule has 3 aromatic rings. The van der Waals surface area contributed by atoms with Crippen LogP contribution >= 0.6 is 0 Å². The quantitative estimate of drug-likeness (QED) is 0.591. The first-order chi connectivity index (χ1) is 10.8. The summed E-state index contributed by atoms with van der Waals surface area (Å²) in [6.45, 7) is 0. The van der Waals surface area contributed by atoms with Gasteiger partial charge in [0.1, 0.15) is 30.6 Å². The van der Waals surface area contributed by atoms with E-state index in [4.69, 9.17) is 10.5 Å². The molecule has 0 saturated heterocycles. The van der Waals surface area contributed by atoms with Gasteiger partial charge in [-0.1, -0.05) is 41.6 Å². The fourth-order valence-electron chi connectivity index (χ4n) is 2.09. The Bertz CT molecular complexity index is 828. The molecule has 0 radical (unpaired) electrons. The number of aromatic nitrogens is 2. The molecular formula is C16H14N4O2. The number of ether oxygens (including phenoxy) is 1. The topological polar surface area (TPSA) is 82.6 Å². The lowest BCUT2D eigenvalue weighted by molar-refractivity contribution is 0.215. The van der Waals surface area contributed by atoms with Crippen LogP contribution in [-0.2, 0) is 4.84 Å². The summed E-state index contributed by atoms with van der Waals surface area (Å²) in [7, 11) is 1.45. The van der Waals surface area contributed by atoms with Crippen molar-refractivity contribution in [3.8, 4) is 11.6 Å². The highest BCUT2D eigenvalue weighted by atomic mass is 16.6. The average Bonchev–Trinajstić information content (AvgIpc) is 2.55. The number of nitrogens with zero attached hydrogens (tertiary/aromatic N) is 3. The number of anilines is 1. The number of hydrogen-bond donors (Lipinski definition) is 1. The van der Waals surface area contributed by atoms with E-state index in [1.54, 1.807) is 0 Å². The molecule has 0 saturated carbocycles. The van der Waals surface area contributed by atoms with E-state index < -0.39 is 0 Å². The molecule has 6 nitrogen and oxygen atoms in total. The highest BCUT2D eigenvalue weighted by Crippen LogP contribution is 2.30. The Morgan fingerprint density at radius 3 is 2.77 bits per heavy atom. The zero-order valence-electron chi connectivity index (χ0n) is 11.9. The van der Waals surface area contributed by atoms with Crippen molar-refractivity contribution in [2.45, 2.75) is 0 Å². The first-order valence-electron chi connectivity index (χ1n) is 6.62. The number of fused-ring (bicyclic) bond motifs is 1. The molecular weight excluding hydrogens is 280 g/mol. The van der Waals surface area contributed by atoms with Crippen LogP contribution in [0.5, 0.6) is 11.6 Å². The second kappa shape index (κ2) is 6.09. The lowest BCUT2D eigenvalue weighted by Gasteiger charge is -2.10. The highest BCUT2D eigenvalue weighted by molar-refractivity contribution is 5.90. The summed E-state index contributed by atoms with van der Waals surface area (Å²) in [6, 6.07) is 13.7. The predicted molar refractivity (Wildman–Crippen MR) is 85.1 cm³/mol. The molecule has 0 aliphatic rings. The molecule has 0 amide bonds. The molecule has 0 aliphatic heterocycles. The van der Waals surface area contributed by atoms with Crippen LogP contribution < -0.4 is 10.5 Å². The minimum atomic E-state index is 0.269. The maximum atomic E-state index is 5.92. The molecule has 2 aromatic carbocycles. The highest BCUT2D eigenvalue weighted by Gasteiger charge is 2.11. The Balaban J connectivity index is 2.06. The third-order valence-electron chi connectivity index (χ3n) is 3.12. The molecule has 0 aliphatic carbocycles. The van der Waals surface area contributed by atoms with Crippen LogP contribution in [0.15, 0.2) is 53.9 Å². The van der Waals surface area contributed by atoms with Crippen LogP contribution in [0, 0.1) is 0 Å². The Morgan fingerprint density at radius 2 is 1.91 bits per heavy atom. The lowest BCUT2D eigenvalue weighted by atomic mass is 10.1. The smallest absolute Gasteiger partial charge is 0.233 e. The van der Waals surface area contributed by atoms with Crippen molar-refractivity contribution in [3.05, 3.63) is 54.4 Å². The van der Waals surface area contributed by atoms with Crippen LogP contribution in [-0.4, -0.2) is 23.3 Å². The van der Waals surface area contributed by atoms with E-state index >= 15 is 0 Å². The maximum absolute atomic E-state index is 5.92. The number of nitrogen functional groups attached to an aromatic ring is 1. The van der Waals surface area contributed by atoms with E-state index in [9.17, 15) is 0 Å². The van der Waals surface area contributed by atoms with Gasteiger partial charge in [0.2, 0.25) is 5.88 Å². The van der Waals surface area contributed by atoms with Crippen molar-refractivity contribution in [2.75, 3.05) is 12.8 Å². The monoisotopic (exact) mass is 294 g/mol. The Kier molecular flexibility index (Phi) is 3.82. The molecule has 6 heteroatoms. The van der Waals surface area contributed by atoms with E-state index in [0.717, 1.165) is 10.8 Å². The number of nitrogens with two attached hydrogens (primary N) is 1. The third-order valence-corrected chi connectivity index (χ3v) is 3.12. The van der Waals surface area contributed by atoms with Gasteiger partial charge in [-0.3, -0.25) is 0 Å². The predicted octanol–water partition coefficient (Wildman–Crippen LogP) is 2.98. The van der Waals surface area contributed by atoms with Gasteiger partial charge >= 0.3 is 0 Å². The standard InChI is InChI=1S/C16H14N4O2/c1-21-20-9-13-15(17)18-10-19-16(13)22-14-8-4-6-11-5-2-3-7-12(11)14/h2-10H,1H3,(H2,17,18,19)/b20-9-. The summed E-state index contributed by atoms with van der Waals surface area (Å²) < 4.78 is 5.92. The summed E-state index contributed by atoms with van der Waals surface area (Å²) >= 11 is 0. The van der Waals surface area contributed by atoms with E-state index in [-0.39, 0.29) is 5.82 Å². The first-order valence-corrected chi connectivity index (χ1v) is 6.62. The molecule has 1 aromatic heterocycles. The van der Waals surface area contributed by atoms with Crippen LogP contribution in [0.2, 0.25) is 0 Å². The number of hydrogen-bond acceptors (Lipinski definition) is 6. The molecule has 0 unspecified atom stereocenters. The van der Waals surface area contributed by atoms with E-state index in [1.807, 2.05) is 42.5 Å². The number of benzene rings is 2. The fraction of sp³-hybridized carbons (Fsp3) is 0.0625. The summed E-state index contributed by atoms with van der Waals surface area (Å²) in [4.78, 5) is 12.7. The largest absolute Gasteiger partial charge is 0.437 e.